The molecule has 0 aliphatic carbocycles. The summed E-state index contributed by atoms with van der Waals surface area (Å²) in [4.78, 5) is 8.97. The average Bonchev–Trinajstić information content (AvgIpc) is 3.04. The van der Waals surface area contributed by atoms with Crippen molar-refractivity contribution in [2.45, 2.75) is 39.5 Å². The van der Waals surface area contributed by atoms with Gasteiger partial charge in [0.2, 0.25) is 5.88 Å². The van der Waals surface area contributed by atoms with Crippen LogP contribution in [0.5, 0.6) is 11.6 Å². The number of pyridine rings is 1. The molecule has 5 heteroatoms. The van der Waals surface area contributed by atoms with Gasteiger partial charge in [0.25, 0.3) is 0 Å². The fourth-order valence-electron chi connectivity index (χ4n) is 2.49. The average molecular weight is 353 g/mol. The zero-order valence-electron chi connectivity index (χ0n) is 15.0. The Balaban J connectivity index is 1.89. The molecule has 0 saturated carbocycles. The number of para-hydroxylation sites is 1. The maximum atomic E-state index is 6.18. The molecule has 0 unspecified atom stereocenters. The number of nitrogens with zero attached hydrogens (tertiary/aromatic N) is 2. The van der Waals surface area contributed by atoms with Gasteiger partial charge < -0.3 is 10.1 Å². The number of rotatable bonds is 5. The largest absolute Gasteiger partial charge is 0.437 e. The Morgan fingerprint density at radius 1 is 1.12 bits per heavy atom. The van der Waals surface area contributed by atoms with E-state index in [4.69, 9.17) is 4.74 Å². The zero-order chi connectivity index (χ0) is 17.9. The molecule has 1 aromatic carbocycles. The van der Waals surface area contributed by atoms with Gasteiger partial charge in [-0.15, -0.1) is 11.3 Å². The molecule has 0 fully saturated rings. The molecule has 0 bridgehead atoms. The van der Waals surface area contributed by atoms with Crippen LogP contribution in [0.3, 0.4) is 0 Å². The van der Waals surface area contributed by atoms with E-state index in [1.807, 2.05) is 30.3 Å². The quantitative estimate of drug-likeness (QED) is 0.617. The number of aromatic nitrogens is 2. The van der Waals surface area contributed by atoms with Crippen molar-refractivity contribution in [1.29, 1.82) is 0 Å². The summed E-state index contributed by atoms with van der Waals surface area (Å²) in [5.74, 6) is 1.37. The summed E-state index contributed by atoms with van der Waals surface area (Å²) in [6.45, 7) is 8.62. The van der Waals surface area contributed by atoms with E-state index < -0.39 is 0 Å². The van der Waals surface area contributed by atoms with Crippen LogP contribution in [0, 0.1) is 0 Å². The molecule has 1 N–H and O–H groups in total. The van der Waals surface area contributed by atoms with Crippen LogP contribution in [0.4, 0.5) is 10.8 Å². The van der Waals surface area contributed by atoms with Crippen LogP contribution >= 0.6 is 11.3 Å². The van der Waals surface area contributed by atoms with Crippen molar-refractivity contribution in [3.05, 3.63) is 59.2 Å². The summed E-state index contributed by atoms with van der Waals surface area (Å²) >= 11 is 1.59. The third-order valence-electron chi connectivity index (χ3n) is 3.83. The van der Waals surface area contributed by atoms with Gasteiger partial charge >= 0.3 is 0 Å². The maximum Gasteiger partial charge on any atom is 0.243 e. The topological polar surface area (TPSA) is 47.0 Å². The second-order valence-electron chi connectivity index (χ2n) is 6.83. The van der Waals surface area contributed by atoms with Crippen molar-refractivity contribution in [2.24, 2.45) is 0 Å². The lowest BCUT2D eigenvalue weighted by Crippen LogP contribution is -2.12. The normalized spacial score (nSPS) is 11.4. The van der Waals surface area contributed by atoms with Crippen LogP contribution in [0.2, 0.25) is 0 Å². The molecule has 0 amide bonds. The molecule has 130 valence electrons. The van der Waals surface area contributed by atoms with Gasteiger partial charge in [0.1, 0.15) is 11.4 Å². The van der Waals surface area contributed by atoms with Crippen molar-refractivity contribution in [1.82, 2.24) is 9.97 Å². The van der Waals surface area contributed by atoms with Crippen LogP contribution in [0.25, 0.3) is 0 Å². The number of ether oxygens (including phenoxy) is 1. The highest BCUT2D eigenvalue weighted by Crippen LogP contribution is 2.36. The van der Waals surface area contributed by atoms with E-state index in [0.717, 1.165) is 34.2 Å². The second-order valence-corrected chi connectivity index (χ2v) is 7.68. The summed E-state index contributed by atoms with van der Waals surface area (Å²) in [7, 11) is 0. The number of hydrogen-bond donors (Lipinski definition) is 1. The Morgan fingerprint density at radius 3 is 2.64 bits per heavy atom. The van der Waals surface area contributed by atoms with E-state index >= 15 is 0 Å². The summed E-state index contributed by atoms with van der Waals surface area (Å²) in [6.07, 6.45) is 2.66. The van der Waals surface area contributed by atoms with Gasteiger partial charge in [-0.05, 0) is 30.0 Å². The highest BCUT2D eigenvalue weighted by atomic mass is 32.1. The molecule has 0 radical (unpaired) electrons. The molecule has 2 heterocycles. The third kappa shape index (κ3) is 4.17. The molecule has 3 rings (SSSR count). The standard InChI is InChI=1S/C20H23N3OS/c1-5-14-13-25-19(22-14)23-16-10-8-12-21-18(16)24-17-11-7-6-9-15(17)20(2,3)4/h6-13H,5H2,1-4H3,(H,22,23). The molecule has 0 saturated heterocycles. The van der Waals surface area contributed by atoms with Crippen LogP contribution in [-0.2, 0) is 11.8 Å². The number of hydrogen-bond acceptors (Lipinski definition) is 5. The molecule has 4 nitrogen and oxygen atoms in total. The molecule has 2 aromatic heterocycles. The van der Waals surface area contributed by atoms with Gasteiger partial charge in [-0.25, -0.2) is 9.97 Å². The predicted molar refractivity (Wildman–Crippen MR) is 104 cm³/mol. The lowest BCUT2D eigenvalue weighted by molar-refractivity contribution is 0.442. The van der Waals surface area contributed by atoms with E-state index in [0.29, 0.717) is 5.88 Å². The number of anilines is 2. The van der Waals surface area contributed by atoms with Gasteiger partial charge in [-0.2, -0.15) is 0 Å². The van der Waals surface area contributed by atoms with Crippen LogP contribution in [-0.4, -0.2) is 9.97 Å². The molecule has 3 aromatic rings. The minimum Gasteiger partial charge on any atom is -0.437 e. The van der Waals surface area contributed by atoms with E-state index in [1.54, 1.807) is 17.5 Å². The van der Waals surface area contributed by atoms with E-state index in [9.17, 15) is 0 Å². The first-order valence-electron chi connectivity index (χ1n) is 8.41. The van der Waals surface area contributed by atoms with Gasteiger partial charge in [0.15, 0.2) is 5.13 Å². The SMILES string of the molecule is CCc1csc(Nc2cccnc2Oc2ccccc2C(C)(C)C)n1. The lowest BCUT2D eigenvalue weighted by Gasteiger charge is -2.22. The minimum absolute atomic E-state index is 0.00962. The fraction of sp³-hybridized carbons (Fsp3) is 0.300. The Kier molecular flexibility index (Phi) is 5.04. The summed E-state index contributed by atoms with van der Waals surface area (Å²) in [6, 6.07) is 11.9. The fourth-order valence-corrected chi connectivity index (χ4v) is 3.29. The molecular formula is C20H23N3OS. The Bertz CT molecular complexity index is 852. The number of benzene rings is 1. The highest BCUT2D eigenvalue weighted by molar-refractivity contribution is 7.13. The lowest BCUT2D eigenvalue weighted by atomic mass is 9.86. The van der Waals surface area contributed by atoms with Crippen LogP contribution < -0.4 is 10.1 Å². The molecule has 0 aliphatic heterocycles. The molecule has 0 aliphatic rings. The van der Waals surface area contributed by atoms with Crippen molar-refractivity contribution < 1.29 is 4.74 Å². The van der Waals surface area contributed by atoms with Crippen LogP contribution in [0.15, 0.2) is 48.0 Å². The van der Waals surface area contributed by atoms with E-state index in [2.05, 4.69) is 54.4 Å². The van der Waals surface area contributed by atoms with Gasteiger partial charge in [0, 0.05) is 17.1 Å². The van der Waals surface area contributed by atoms with Gasteiger partial charge in [0.05, 0.1) is 5.69 Å². The predicted octanol–water partition coefficient (Wildman–Crippen LogP) is 5.93. The van der Waals surface area contributed by atoms with Crippen LogP contribution in [0.1, 0.15) is 39.0 Å². The maximum absolute atomic E-state index is 6.18. The van der Waals surface area contributed by atoms with E-state index in [-0.39, 0.29) is 5.41 Å². The first kappa shape index (κ1) is 17.4. The second kappa shape index (κ2) is 7.23. The summed E-state index contributed by atoms with van der Waals surface area (Å²) in [5.41, 5.74) is 3.03. The smallest absolute Gasteiger partial charge is 0.243 e. The van der Waals surface area contributed by atoms with Gasteiger partial charge in [-0.1, -0.05) is 45.9 Å². The highest BCUT2D eigenvalue weighted by Gasteiger charge is 2.20. The molecule has 25 heavy (non-hydrogen) atoms. The first-order chi connectivity index (χ1) is 12.0. The Labute approximate surface area is 152 Å². The van der Waals surface area contributed by atoms with Crippen molar-refractivity contribution in [3.63, 3.8) is 0 Å². The number of nitrogens with one attached hydrogen (secondary N) is 1. The zero-order valence-corrected chi connectivity index (χ0v) is 15.9. The van der Waals surface area contributed by atoms with E-state index in [1.165, 1.54) is 0 Å². The third-order valence-corrected chi connectivity index (χ3v) is 4.63. The number of aryl methyl sites for hydroxylation is 1. The first-order valence-corrected chi connectivity index (χ1v) is 9.29. The number of thiazole rings is 1. The molecular weight excluding hydrogens is 330 g/mol. The monoisotopic (exact) mass is 353 g/mol. The van der Waals surface area contributed by atoms with Crippen molar-refractivity contribution >= 4 is 22.2 Å². The van der Waals surface area contributed by atoms with Crippen molar-refractivity contribution in [3.8, 4) is 11.6 Å². The summed E-state index contributed by atoms with van der Waals surface area (Å²) in [5, 5.41) is 6.24. The summed E-state index contributed by atoms with van der Waals surface area (Å²) < 4.78 is 6.18. The molecule has 0 spiro atoms. The van der Waals surface area contributed by atoms with Crippen molar-refractivity contribution in [2.75, 3.05) is 5.32 Å². The Hall–Kier alpha value is -2.40. The Morgan fingerprint density at radius 2 is 1.92 bits per heavy atom. The molecule has 0 atom stereocenters. The van der Waals surface area contributed by atoms with Gasteiger partial charge in [-0.3, -0.25) is 0 Å². The minimum atomic E-state index is -0.00962.